The molecule has 0 spiro atoms. The number of fused-ring (bicyclic) bond motifs is 3. The molecule has 0 amide bonds. The number of hydrogen-bond donors (Lipinski definition) is 0. The Morgan fingerprint density at radius 3 is 2.04 bits per heavy atom. The van der Waals surface area contributed by atoms with Gasteiger partial charge in [-0.25, -0.2) is 14.4 Å². The van der Waals surface area contributed by atoms with Crippen molar-refractivity contribution < 1.29 is 42.9 Å². The molecule has 1 unspecified atom stereocenters. The van der Waals surface area contributed by atoms with E-state index in [9.17, 15) is 19.2 Å². The highest BCUT2D eigenvalue weighted by molar-refractivity contribution is 5.93. The summed E-state index contributed by atoms with van der Waals surface area (Å²) in [5, 5.41) is 0. The first-order chi connectivity index (χ1) is 22.2. The first-order valence-corrected chi connectivity index (χ1v) is 15.3. The molecule has 46 heavy (non-hydrogen) atoms. The van der Waals surface area contributed by atoms with Crippen LogP contribution in [0.25, 0.3) is 11.1 Å². The van der Waals surface area contributed by atoms with Crippen LogP contribution >= 0.6 is 0 Å². The van der Waals surface area contributed by atoms with Crippen molar-refractivity contribution in [2.75, 3.05) is 13.2 Å². The van der Waals surface area contributed by atoms with E-state index < -0.39 is 23.9 Å². The molecule has 1 atom stereocenters. The predicted molar refractivity (Wildman–Crippen MR) is 170 cm³/mol. The van der Waals surface area contributed by atoms with Crippen LogP contribution in [0.4, 0.5) is 0 Å². The fraction of sp³-hybridized carbons (Fsp3) is 0.297. The van der Waals surface area contributed by atoms with Gasteiger partial charge in [-0.1, -0.05) is 38.6 Å². The first kappa shape index (κ1) is 32.2. The highest BCUT2D eigenvalue weighted by Gasteiger charge is 2.27. The number of carbonyl (C=O) groups excluding carboxylic acids is 4. The van der Waals surface area contributed by atoms with Gasteiger partial charge in [0.25, 0.3) is 0 Å². The van der Waals surface area contributed by atoms with Crippen LogP contribution in [-0.4, -0.2) is 43.2 Å². The Labute approximate surface area is 267 Å². The van der Waals surface area contributed by atoms with E-state index in [1.54, 1.807) is 36.4 Å². The zero-order valence-electron chi connectivity index (χ0n) is 25.8. The lowest BCUT2D eigenvalue weighted by atomic mass is 9.98. The van der Waals surface area contributed by atoms with E-state index in [0.717, 1.165) is 60.4 Å². The Kier molecular flexibility index (Phi) is 10.3. The van der Waals surface area contributed by atoms with Gasteiger partial charge in [0.2, 0.25) is 0 Å². The first-order valence-electron chi connectivity index (χ1n) is 15.3. The molecular weight excluding hydrogens is 588 g/mol. The monoisotopic (exact) mass is 624 g/mol. The molecule has 0 saturated heterocycles. The zero-order chi connectivity index (χ0) is 32.6. The van der Waals surface area contributed by atoms with Crippen LogP contribution in [0.3, 0.4) is 0 Å². The standard InChI is InChI=1S/C37H36O9/c1-4-34(38)45-28-14-16-30-31-17-15-29(22-33(31)24(3)32(30)21-28)46-37(41)25-10-12-26(13-11-25)42-18-19-43-36(40)23(2)20-35(39)44-27-8-6-5-7-9-27/h4,10-17,21-22,24,27H,1-2,5-9,18-20H2,3H3. The second kappa shape index (κ2) is 14.7. The molecule has 0 aliphatic heterocycles. The van der Waals surface area contributed by atoms with E-state index in [4.69, 9.17) is 23.7 Å². The maximum atomic E-state index is 12.9. The molecule has 2 aliphatic carbocycles. The van der Waals surface area contributed by atoms with Gasteiger partial charge in [0.15, 0.2) is 0 Å². The summed E-state index contributed by atoms with van der Waals surface area (Å²) in [5.41, 5.74) is 4.44. The Morgan fingerprint density at radius 2 is 1.41 bits per heavy atom. The molecule has 0 bridgehead atoms. The van der Waals surface area contributed by atoms with Gasteiger partial charge < -0.3 is 23.7 Å². The van der Waals surface area contributed by atoms with Gasteiger partial charge in [-0.15, -0.1) is 0 Å². The maximum absolute atomic E-state index is 12.9. The van der Waals surface area contributed by atoms with Crippen molar-refractivity contribution in [3.63, 3.8) is 0 Å². The van der Waals surface area contributed by atoms with Gasteiger partial charge in [-0.3, -0.25) is 4.79 Å². The summed E-state index contributed by atoms with van der Waals surface area (Å²) < 4.78 is 27.1. The van der Waals surface area contributed by atoms with Crippen LogP contribution in [0, 0.1) is 0 Å². The van der Waals surface area contributed by atoms with Crippen molar-refractivity contribution >= 4 is 23.9 Å². The van der Waals surface area contributed by atoms with Gasteiger partial charge in [-0.05, 0) is 96.5 Å². The molecule has 1 saturated carbocycles. The third-order valence-corrected chi connectivity index (χ3v) is 8.04. The smallest absolute Gasteiger partial charge is 0.343 e. The van der Waals surface area contributed by atoms with Crippen molar-refractivity contribution in [1.29, 1.82) is 0 Å². The number of esters is 4. The number of hydrogen-bond acceptors (Lipinski definition) is 9. The van der Waals surface area contributed by atoms with Crippen molar-refractivity contribution in [1.82, 2.24) is 0 Å². The number of carbonyl (C=O) groups is 4. The van der Waals surface area contributed by atoms with E-state index in [2.05, 4.69) is 13.2 Å². The average Bonchev–Trinajstić information content (AvgIpc) is 3.33. The van der Waals surface area contributed by atoms with Crippen molar-refractivity contribution in [2.45, 2.75) is 57.5 Å². The SMILES string of the molecule is C=CC(=O)Oc1ccc2c(c1)C(C)c1cc(OC(=O)c3ccc(OCCOC(=O)C(=C)CC(=O)OC4CCCCC4)cc3)ccc1-2. The second-order valence-corrected chi connectivity index (χ2v) is 11.3. The van der Waals surface area contributed by atoms with E-state index >= 15 is 0 Å². The Hall–Kier alpha value is -5.18. The van der Waals surface area contributed by atoms with Crippen LogP contribution in [-0.2, 0) is 23.9 Å². The molecule has 3 aromatic rings. The molecule has 2 aliphatic rings. The Balaban J connectivity index is 1.07. The van der Waals surface area contributed by atoms with Gasteiger partial charge in [0, 0.05) is 17.6 Å². The molecule has 0 aromatic heterocycles. The molecule has 0 radical (unpaired) electrons. The summed E-state index contributed by atoms with van der Waals surface area (Å²) in [5.74, 6) is -0.860. The van der Waals surface area contributed by atoms with Crippen LogP contribution in [0.5, 0.6) is 17.2 Å². The lowest BCUT2D eigenvalue weighted by Crippen LogP contribution is -2.22. The predicted octanol–water partition coefficient (Wildman–Crippen LogP) is 6.87. The summed E-state index contributed by atoms with van der Waals surface area (Å²) in [7, 11) is 0. The number of benzene rings is 3. The van der Waals surface area contributed by atoms with Gasteiger partial charge in [0.05, 0.1) is 12.0 Å². The van der Waals surface area contributed by atoms with Crippen molar-refractivity contribution in [2.24, 2.45) is 0 Å². The summed E-state index contributed by atoms with van der Waals surface area (Å²) >= 11 is 0. The van der Waals surface area contributed by atoms with E-state index in [1.807, 2.05) is 31.2 Å². The van der Waals surface area contributed by atoms with Gasteiger partial charge in [-0.2, -0.15) is 0 Å². The largest absolute Gasteiger partial charge is 0.490 e. The normalized spacial score (nSPS) is 15.1. The minimum atomic E-state index is -0.675. The van der Waals surface area contributed by atoms with Crippen LogP contribution in [0.1, 0.15) is 72.9 Å². The van der Waals surface area contributed by atoms with E-state index in [1.165, 1.54) is 0 Å². The third kappa shape index (κ3) is 7.90. The van der Waals surface area contributed by atoms with Crippen molar-refractivity contribution in [3.8, 4) is 28.4 Å². The molecular formula is C37H36O9. The summed E-state index contributed by atoms with van der Waals surface area (Å²) in [6, 6.07) is 17.4. The number of ether oxygens (including phenoxy) is 5. The number of rotatable bonds is 12. The quantitative estimate of drug-likeness (QED) is 0.0921. The minimum Gasteiger partial charge on any atom is -0.490 e. The maximum Gasteiger partial charge on any atom is 0.343 e. The Bertz CT molecular complexity index is 1650. The fourth-order valence-electron chi connectivity index (χ4n) is 5.65. The summed E-state index contributed by atoms with van der Waals surface area (Å²) in [6.45, 7) is 9.15. The molecule has 0 N–H and O–H groups in total. The van der Waals surface area contributed by atoms with E-state index in [-0.39, 0.29) is 37.2 Å². The molecule has 3 aromatic carbocycles. The molecule has 0 heterocycles. The highest BCUT2D eigenvalue weighted by atomic mass is 16.6. The Morgan fingerprint density at radius 1 is 0.804 bits per heavy atom. The lowest BCUT2D eigenvalue weighted by molar-refractivity contribution is -0.151. The van der Waals surface area contributed by atoms with Crippen molar-refractivity contribution in [3.05, 3.63) is 102 Å². The topological polar surface area (TPSA) is 114 Å². The fourth-order valence-corrected chi connectivity index (χ4v) is 5.65. The minimum absolute atomic E-state index is 0.00237. The summed E-state index contributed by atoms with van der Waals surface area (Å²) in [4.78, 5) is 48.8. The second-order valence-electron chi connectivity index (χ2n) is 11.3. The molecule has 9 nitrogen and oxygen atoms in total. The van der Waals surface area contributed by atoms with Crippen LogP contribution in [0.15, 0.2) is 85.5 Å². The average molecular weight is 625 g/mol. The zero-order valence-corrected chi connectivity index (χ0v) is 25.8. The highest BCUT2D eigenvalue weighted by Crippen LogP contribution is 2.47. The lowest BCUT2D eigenvalue weighted by Gasteiger charge is -2.21. The molecule has 238 valence electrons. The van der Waals surface area contributed by atoms with E-state index in [0.29, 0.717) is 22.8 Å². The van der Waals surface area contributed by atoms with Gasteiger partial charge >= 0.3 is 23.9 Å². The third-order valence-electron chi connectivity index (χ3n) is 8.04. The molecule has 9 heteroatoms. The molecule has 1 fully saturated rings. The van der Waals surface area contributed by atoms with Gasteiger partial charge in [0.1, 0.15) is 36.6 Å². The van der Waals surface area contributed by atoms with Crippen LogP contribution in [0.2, 0.25) is 0 Å². The summed E-state index contributed by atoms with van der Waals surface area (Å²) in [6.07, 6.45) is 5.77. The van der Waals surface area contributed by atoms with Crippen LogP contribution < -0.4 is 14.2 Å². The molecule has 5 rings (SSSR count).